The summed E-state index contributed by atoms with van der Waals surface area (Å²) in [5.74, 6) is 0.294. The number of fused-ring (bicyclic) bond motifs is 1. The van der Waals surface area contributed by atoms with Crippen molar-refractivity contribution in [2.75, 3.05) is 0 Å². The number of carbonyl (C=O) groups is 1. The van der Waals surface area contributed by atoms with Crippen molar-refractivity contribution in [1.29, 1.82) is 0 Å². The average Bonchev–Trinajstić information content (AvgIpc) is 2.76. The predicted molar refractivity (Wildman–Crippen MR) is 70.8 cm³/mol. The Morgan fingerprint density at radius 2 is 1.62 bits per heavy atom. The van der Waals surface area contributed by atoms with Gasteiger partial charge in [0.1, 0.15) is 5.75 Å². The van der Waals surface area contributed by atoms with Crippen molar-refractivity contribution in [1.82, 2.24) is 0 Å². The minimum absolute atomic E-state index is 0.107. The van der Waals surface area contributed by atoms with Crippen molar-refractivity contribution in [2.45, 2.75) is 6.18 Å². The molecule has 0 bridgehead atoms. The second-order valence-corrected chi connectivity index (χ2v) is 4.56. The third-order valence-electron chi connectivity index (χ3n) is 3.11. The van der Waals surface area contributed by atoms with Crippen LogP contribution in [0.3, 0.4) is 0 Å². The van der Waals surface area contributed by atoms with Gasteiger partial charge in [-0.15, -0.1) is 0 Å². The molecule has 0 spiro atoms. The number of carbonyl (C=O) groups excluding carboxylic acids is 1. The largest absolute Gasteiger partial charge is 0.452 e. The van der Waals surface area contributed by atoms with Crippen LogP contribution in [0, 0.1) is 0 Å². The Balaban J connectivity index is 1.89. The van der Waals surface area contributed by atoms with Gasteiger partial charge in [-0.05, 0) is 35.9 Å². The Labute approximate surface area is 118 Å². The molecule has 0 saturated carbocycles. The van der Waals surface area contributed by atoms with Crippen molar-refractivity contribution in [3.8, 4) is 5.75 Å². The van der Waals surface area contributed by atoms with E-state index >= 15 is 0 Å². The highest BCUT2D eigenvalue weighted by atomic mass is 19.4. The summed E-state index contributed by atoms with van der Waals surface area (Å²) in [5, 5.41) is 0. The van der Waals surface area contributed by atoms with E-state index in [1.165, 1.54) is 18.2 Å². The first kappa shape index (κ1) is 13.4. The van der Waals surface area contributed by atoms with Gasteiger partial charge in [0.2, 0.25) is 5.78 Å². The quantitative estimate of drug-likeness (QED) is 0.731. The van der Waals surface area contributed by atoms with E-state index in [0.717, 1.165) is 12.1 Å². The number of allylic oxidation sites excluding steroid dienone is 1. The zero-order valence-electron chi connectivity index (χ0n) is 10.6. The minimum atomic E-state index is -4.37. The molecule has 5 heteroatoms. The van der Waals surface area contributed by atoms with Crippen molar-refractivity contribution in [3.63, 3.8) is 0 Å². The van der Waals surface area contributed by atoms with Crippen molar-refractivity contribution in [2.24, 2.45) is 0 Å². The van der Waals surface area contributed by atoms with Gasteiger partial charge >= 0.3 is 6.18 Å². The molecule has 0 atom stereocenters. The van der Waals surface area contributed by atoms with Gasteiger partial charge in [0.15, 0.2) is 5.76 Å². The van der Waals surface area contributed by atoms with Crippen LogP contribution in [0.1, 0.15) is 21.5 Å². The van der Waals surface area contributed by atoms with Crippen LogP contribution in [0.5, 0.6) is 5.75 Å². The standard InChI is InChI=1S/C16H9F3O2/c17-16(18,19)11-7-5-10(6-8-11)9-14-15(20)12-3-1-2-4-13(12)21-14/h1-9H/b14-9-. The Morgan fingerprint density at radius 3 is 2.24 bits per heavy atom. The van der Waals surface area contributed by atoms with Gasteiger partial charge in [-0.1, -0.05) is 24.3 Å². The zero-order valence-corrected chi connectivity index (χ0v) is 10.6. The number of hydrogen-bond donors (Lipinski definition) is 0. The van der Waals surface area contributed by atoms with E-state index < -0.39 is 11.7 Å². The summed E-state index contributed by atoms with van der Waals surface area (Å²) in [6.07, 6.45) is -2.94. The van der Waals surface area contributed by atoms with Crippen LogP contribution in [-0.2, 0) is 6.18 Å². The van der Waals surface area contributed by atoms with Crippen LogP contribution in [0.4, 0.5) is 13.2 Å². The molecule has 0 fully saturated rings. The van der Waals surface area contributed by atoms with Gasteiger partial charge < -0.3 is 4.74 Å². The van der Waals surface area contributed by atoms with Gasteiger partial charge in [0.05, 0.1) is 11.1 Å². The summed E-state index contributed by atoms with van der Waals surface area (Å²) in [6, 6.07) is 11.3. The molecule has 106 valence electrons. The maximum atomic E-state index is 12.5. The molecule has 0 aromatic heterocycles. The zero-order chi connectivity index (χ0) is 15.0. The SMILES string of the molecule is O=C1/C(=C/c2ccc(C(F)(F)F)cc2)Oc2ccccc21. The molecule has 0 aliphatic carbocycles. The van der Waals surface area contributed by atoms with Crippen LogP contribution in [-0.4, -0.2) is 5.78 Å². The lowest BCUT2D eigenvalue weighted by Crippen LogP contribution is -2.04. The second-order valence-electron chi connectivity index (χ2n) is 4.56. The number of ketones is 1. The molecular weight excluding hydrogens is 281 g/mol. The van der Waals surface area contributed by atoms with Gasteiger partial charge in [-0.25, -0.2) is 0 Å². The molecule has 1 aliphatic rings. The molecular formula is C16H9F3O2. The molecule has 0 saturated heterocycles. The fourth-order valence-corrected chi connectivity index (χ4v) is 2.06. The Hall–Kier alpha value is -2.56. The number of rotatable bonds is 1. The minimum Gasteiger partial charge on any atom is -0.452 e. The Bertz CT molecular complexity index is 728. The van der Waals surface area contributed by atoms with Crippen molar-refractivity contribution in [3.05, 3.63) is 71.0 Å². The Kier molecular flexibility index (Phi) is 3.05. The summed E-state index contributed by atoms with van der Waals surface area (Å²) in [7, 11) is 0. The van der Waals surface area contributed by atoms with Crippen LogP contribution >= 0.6 is 0 Å². The van der Waals surface area contributed by atoms with E-state index in [0.29, 0.717) is 16.9 Å². The molecule has 2 aromatic rings. The molecule has 2 nitrogen and oxygen atoms in total. The first-order valence-electron chi connectivity index (χ1n) is 6.16. The summed E-state index contributed by atoms with van der Waals surface area (Å²) >= 11 is 0. The molecule has 0 amide bonds. The Morgan fingerprint density at radius 1 is 0.952 bits per heavy atom. The third-order valence-corrected chi connectivity index (χ3v) is 3.11. The van der Waals surface area contributed by atoms with E-state index in [9.17, 15) is 18.0 Å². The van der Waals surface area contributed by atoms with Crippen LogP contribution in [0.25, 0.3) is 6.08 Å². The molecule has 21 heavy (non-hydrogen) atoms. The smallest absolute Gasteiger partial charge is 0.416 e. The van der Waals surface area contributed by atoms with Gasteiger partial charge in [-0.2, -0.15) is 13.2 Å². The molecule has 1 aliphatic heterocycles. The molecule has 2 aromatic carbocycles. The summed E-state index contributed by atoms with van der Waals surface area (Å²) in [5.41, 5.74) is 0.196. The summed E-state index contributed by atoms with van der Waals surface area (Å²) < 4.78 is 42.8. The number of hydrogen-bond acceptors (Lipinski definition) is 2. The fourth-order valence-electron chi connectivity index (χ4n) is 2.06. The fraction of sp³-hybridized carbons (Fsp3) is 0.0625. The first-order chi connectivity index (χ1) is 9.95. The van der Waals surface area contributed by atoms with E-state index in [4.69, 9.17) is 4.74 Å². The molecule has 1 heterocycles. The lowest BCUT2D eigenvalue weighted by Gasteiger charge is -2.06. The van der Waals surface area contributed by atoms with Crippen LogP contribution in [0.2, 0.25) is 0 Å². The van der Waals surface area contributed by atoms with Crippen LogP contribution < -0.4 is 4.74 Å². The summed E-state index contributed by atoms with van der Waals surface area (Å²) in [6.45, 7) is 0. The van der Waals surface area contributed by atoms with Crippen LogP contribution in [0.15, 0.2) is 54.3 Å². The normalized spacial score (nSPS) is 16.0. The number of halogens is 3. The van der Waals surface area contributed by atoms with Crippen molar-refractivity contribution < 1.29 is 22.7 Å². The van der Waals surface area contributed by atoms with E-state index in [-0.39, 0.29) is 11.5 Å². The van der Waals surface area contributed by atoms with Gasteiger partial charge in [-0.3, -0.25) is 4.79 Å². The second kappa shape index (κ2) is 4.77. The predicted octanol–water partition coefficient (Wildman–Crippen LogP) is 4.32. The highest BCUT2D eigenvalue weighted by Crippen LogP contribution is 2.32. The molecule has 0 unspecified atom stereocenters. The highest BCUT2D eigenvalue weighted by Gasteiger charge is 2.30. The van der Waals surface area contributed by atoms with Gasteiger partial charge in [0, 0.05) is 0 Å². The number of alkyl halides is 3. The maximum Gasteiger partial charge on any atom is 0.416 e. The maximum absolute atomic E-state index is 12.5. The molecule has 0 N–H and O–H groups in total. The lowest BCUT2D eigenvalue weighted by molar-refractivity contribution is -0.137. The lowest BCUT2D eigenvalue weighted by atomic mass is 10.1. The average molecular weight is 290 g/mol. The number of benzene rings is 2. The van der Waals surface area contributed by atoms with Crippen molar-refractivity contribution >= 4 is 11.9 Å². The topological polar surface area (TPSA) is 26.3 Å². The third kappa shape index (κ3) is 2.54. The molecule has 0 radical (unpaired) electrons. The monoisotopic (exact) mass is 290 g/mol. The van der Waals surface area contributed by atoms with E-state index in [2.05, 4.69) is 0 Å². The number of ether oxygens (including phenoxy) is 1. The number of para-hydroxylation sites is 1. The summed E-state index contributed by atoms with van der Waals surface area (Å²) in [4.78, 5) is 12.1. The highest BCUT2D eigenvalue weighted by molar-refractivity contribution is 6.14. The molecule has 3 rings (SSSR count). The van der Waals surface area contributed by atoms with E-state index in [1.54, 1.807) is 24.3 Å². The van der Waals surface area contributed by atoms with Gasteiger partial charge in [0.25, 0.3) is 0 Å². The number of Topliss-reactive ketones (excluding diaryl/α,β-unsaturated/α-hetero) is 1. The first-order valence-corrected chi connectivity index (χ1v) is 6.16. The van der Waals surface area contributed by atoms with E-state index in [1.807, 2.05) is 0 Å².